The molecule has 0 aliphatic carbocycles. The van der Waals surface area contributed by atoms with Gasteiger partial charge in [-0.15, -0.1) is 0 Å². The summed E-state index contributed by atoms with van der Waals surface area (Å²) in [5, 5.41) is 0. The predicted octanol–water partition coefficient (Wildman–Crippen LogP) is 1.13. The Hall–Kier alpha value is -1.59. The number of nitrogens with one attached hydrogen (secondary N) is 1. The first kappa shape index (κ1) is 10.9. The first-order valence-electron chi connectivity index (χ1n) is 5.28. The van der Waals surface area contributed by atoms with Gasteiger partial charge in [0, 0.05) is 25.9 Å². The summed E-state index contributed by atoms with van der Waals surface area (Å²) in [6.45, 7) is 2.05. The lowest BCUT2D eigenvalue weighted by Crippen LogP contribution is -2.30. The largest absolute Gasteiger partial charge is 0.464 e. The Kier molecular flexibility index (Phi) is 3.07. The molecule has 2 heterocycles. The minimum atomic E-state index is -0.208. The molecule has 0 amide bonds. The average Bonchev–Trinajstić information content (AvgIpc) is 2.90. The Bertz CT molecular complexity index is 460. The highest BCUT2D eigenvalue weighted by Crippen LogP contribution is 2.21. The minimum absolute atomic E-state index is 0.208. The Morgan fingerprint density at radius 3 is 2.88 bits per heavy atom. The average molecular weight is 220 g/mol. The fourth-order valence-corrected chi connectivity index (χ4v) is 1.68. The number of nitrogens with zero attached hydrogens (tertiary/aromatic N) is 2. The zero-order valence-electron chi connectivity index (χ0n) is 9.47. The monoisotopic (exact) mass is 220 g/mol. The molecule has 2 aromatic rings. The molecule has 0 spiro atoms. The highest BCUT2D eigenvalue weighted by molar-refractivity contribution is 5.18. The molecule has 2 rings (SSSR count). The number of imidazole rings is 1. The van der Waals surface area contributed by atoms with Crippen molar-refractivity contribution in [1.29, 1.82) is 0 Å². The van der Waals surface area contributed by atoms with E-state index in [-0.39, 0.29) is 6.04 Å². The molecule has 1 unspecified atom stereocenters. The van der Waals surface area contributed by atoms with Crippen LogP contribution in [-0.4, -0.2) is 9.55 Å². The Morgan fingerprint density at radius 2 is 2.38 bits per heavy atom. The van der Waals surface area contributed by atoms with Crippen molar-refractivity contribution in [3.05, 3.63) is 41.9 Å². The van der Waals surface area contributed by atoms with E-state index >= 15 is 0 Å². The van der Waals surface area contributed by atoms with Crippen LogP contribution in [0.5, 0.6) is 0 Å². The SMILES string of the molecule is CCc1ccc(C(NN)c2nccn2C)o1. The second kappa shape index (κ2) is 4.51. The van der Waals surface area contributed by atoms with Crippen molar-refractivity contribution >= 4 is 0 Å². The van der Waals surface area contributed by atoms with Crippen LogP contribution in [0.4, 0.5) is 0 Å². The van der Waals surface area contributed by atoms with Crippen molar-refractivity contribution in [1.82, 2.24) is 15.0 Å². The zero-order valence-corrected chi connectivity index (χ0v) is 9.47. The maximum Gasteiger partial charge on any atom is 0.137 e. The number of nitrogens with two attached hydrogens (primary N) is 1. The molecule has 0 fully saturated rings. The number of aryl methyl sites for hydroxylation is 2. The van der Waals surface area contributed by atoms with Crippen LogP contribution < -0.4 is 11.3 Å². The van der Waals surface area contributed by atoms with Crippen molar-refractivity contribution < 1.29 is 4.42 Å². The molecule has 0 saturated carbocycles. The minimum Gasteiger partial charge on any atom is -0.464 e. The van der Waals surface area contributed by atoms with Crippen molar-refractivity contribution in [3.63, 3.8) is 0 Å². The second-order valence-electron chi connectivity index (χ2n) is 3.65. The number of rotatable bonds is 4. The number of hydrogen-bond donors (Lipinski definition) is 2. The van der Waals surface area contributed by atoms with Crippen molar-refractivity contribution in [2.75, 3.05) is 0 Å². The van der Waals surface area contributed by atoms with E-state index in [0.29, 0.717) is 0 Å². The normalized spacial score (nSPS) is 12.9. The summed E-state index contributed by atoms with van der Waals surface area (Å²) in [5.41, 5.74) is 2.72. The Labute approximate surface area is 94.2 Å². The lowest BCUT2D eigenvalue weighted by Gasteiger charge is -2.12. The molecule has 0 aromatic carbocycles. The molecule has 0 saturated heterocycles. The quantitative estimate of drug-likeness (QED) is 0.598. The van der Waals surface area contributed by atoms with Crippen molar-refractivity contribution in [2.45, 2.75) is 19.4 Å². The van der Waals surface area contributed by atoms with Crippen LogP contribution >= 0.6 is 0 Å². The van der Waals surface area contributed by atoms with Crippen LogP contribution in [0.1, 0.15) is 30.3 Å². The van der Waals surface area contributed by atoms with Crippen LogP contribution in [0.25, 0.3) is 0 Å². The van der Waals surface area contributed by atoms with Crippen LogP contribution in [0, 0.1) is 0 Å². The summed E-state index contributed by atoms with van der Waals surface area (Å²) >= 11 is 0. The van der Waals surface area contributed by atoms with Crippen LogP contribution in [0.15, 0.2) is 28.9 Å². The maximum absolute atomic E-state index is 5.67. The molecule has 16 heavy (non-hydrogen) atoms. The van der Waals surface area contributed by atoms with Crippen molar-refractivity contribution in [3.8, 4) is 0 Å². The van der Waals surface area contributed by atoms with Gasteiger partial charge in [0.2, 0.25) is 0 Å². The van der Waals surface area contributed by atoms with E-state index in [1.807, 2.05) is 36.9 Å². The van der Waals surface area contributed by atoms with E-state index in [0.717, 1.165) is 23.8 Å². The van der Waals surface area contributed by atoms with Gasteiger partial charge in [0.1, 0.15) is 23.4 Å². The number of aromatic nitrogens is 2. The first-order valence-corrected chi connectivity index (χ1v) is 5.28. The van der Waals surface area contributed by atoms with E-state index in [9.17, 15) is 0 Å². The molecular formula is C11H16N4O. The lowest BCUT2D eigenvalue weighted by atomic mass is 10.2. The topological polar surface area (TPSA) is 69.0 Å². The summed E-state index contributed by atoms with van der Waals surface area (Å²) < 4.78 is 7.58. The maximum atomic E-state index is 5.67. The number of hydrazine groups is 1. The summed E-state index contributed by atoms with van der Waals surface area (Å²) in [6, 6.07) is 3.68. The molecule has 86 valence electrons. The lowest BCUT2D eigenvalue weighted by molar-refractivity contribution is 0.413. The fourth-order valence-electron chi connectivity index (χ4n) is 1.68. The molecule has 0 aliphatic heterocycles. The van der Waals surface area contributed by atoms with E-state index in [1.54, 1.807) is 6.20 Å². The Balaban J connectivity index is 2.32. The standard InChI is InChI=1S/C11H16N4O/c1-3-8-4-5-9(16-8)10(14-12)11-13-6-7-15(11)2/h4-7,10,14H,3,12H2,1-2H3. The highest BCUT2D eigenvalue weighted by atomic mass is 16.3. The van der Waals surface area contributed by atoms with Gasteiger partial charge in [-0.25, -0.2) is 10.4 Å². The predicted molar refractivity (Wildman–Crippen MR) is 60.5 cm³/mol. The van der Waals surface area contributed by atoms with Crippen LogP contribution in [0.2, 0.25) is 0 Å². The molecule has 5 heteroatoms. The van der Waals surface area contributed by atoms with Crippen molar-refractivity contribution in [2.24, 2.45) is 12.9 Å². The third kappa shape index (κ3) is 1.87. The molecule has 0 aliphatic rings. The van der Waals surface area contributed by atoms with Gasteiger partial charge in [0.05, 0.1) is 0 Å². The third-order valence-corrected chi connectivity index (χ3v) is 2.60. The number of hydrogen-bond acceptors (Lipinski definition) is 4. The third-order valence-electron chi connectivity index (χ3n) is 2.60. The van der Waals surface area contributed by atoms with Gasteiger partial charge in [0.15, 0.2) is 0 Å². The zero-order chi connectivity index (χ0) is 11.5. The molecule has 0 radical (unpaired) electrons. The van der Waals surface area contributed by atoms with E-state index in [1.165, 1.54) is 0 Å². The van der Waals surface area contributed by atoms with E-state index in [2.05, 4.69) is 10.4 Å². The summed E-state index contributed by atoms with van der Waals surface area (Å²) in [5.74, 6) is 8.12. The highest BCUT2D eigenvalue weighted by Gasteiger charge is 2.19. The van der Waals surface area contributed by atoms with E-state index < -0.39 is 0 Å². The molecular weight excluding hydrogens is 204 g/mol. The van der Waals surface area contributed by atoms with Crippen LogP contribution in [-0.2, 0) is 13.5 Å². The van der Waals surface area contributed by atoms with Gasteiger partial charge >= 0.3 is 0 Å². The fraction of sp³-hybridized carbons (Fsp3) is 0.364. The van der Waals surface area contributed by atoms with Gasteiger partial charge in [-0.2, -0.15) is 0 Å². The van der Waals surface area contributed by atoms with E-state index in [4.69, 9.17) is 10.3 Å². The van der Waals surface area contributed by atoms with Gasteiger partial charge in [-0.05, 0) is 12.1 Å². The summed E-state index contributed by atoms with van der Waals surface area (Å²) in [6.07, 6.45) is 4.49. The molecule has 0 bridgehead atoms. The summed E-state index contributed by atoms with van der Waals surface area (Å²) in [4.78, 5) is 4.26. The Morgan fingerprint density at radius 1 is 1.56 bits per heavy atom. The van der Waals surface area contributed by atoms with Gasteiger partial charge in [0.25, 0.3) is 0 Å². The molecule has 3 N–H and O–H groups in total. The molecule has 1 atom stereocenters. The first-order chi connectivity index (χ1) is 7.76. The van der Waals surface area contributed by atoms with Gasteiger partial charge in [-0.3, -0.25) is 5.84 Å². The smallest absolute Gasteiger partial charge is 0.137 e. The second-order valence-corrected chi connectivity index (χ2v) is 3.65. The molecule has 2 aromatic heterocycles. The van der Waals surface area contributed by atoms with Gasteiger partial charge < -0.3 is 8.98 Å². The molecule has 5 nitrogen and oxygen atoms in total. The summed E-state index contributed by atoms with van der Waals surface area (Å²) in [7, 11) is 1.93. The number of furan rings is 1. The van der Waals surface area contributed by atoms with Crippen LogP contribution in [0.3, 0.4) is 0 Å². The van der Waals surface area contributed by atoms with Gasteiger partial charge in [-0.1, -0.05) is 6.92 Å².